The number of piperidine rings is 1. The summed E-state index contributed by atoms with van der Waals surface area (Å²) in [4.78, 5) is 93.3. The summed E-state index contributed by atoms with van der Waals surface area (Å²) in [5, 5.41) is 19.5. The predicted octanol–water partition coefficient (Wildman–Crippen LogP) is 4.91. The number of aliphatic hydroxyl groups is 1. The predicted molar refractivity (Wildman–Crippen MR) is 233 cm³/mol. The van der Waals surface area contributed by atoms with Gasteiger partial charge in [-0.25, -0.2) is 0 Å². The van der Waals surface area contributed by atoms with E-state index in [1.807, 2.05) is 25.1 Å². The number of ether oxygens (including phenoxy) is 1. The van der Waals surface area contributed by atoms with E-state index in [1.54, 1.807) is 41.3 Å². The van der Waals surface area contributed by atoms with Crippen LogP contribution in [0.3, 0.4) is 0 Å². The molecule has 0 bridgehead atoms. The molecule has 2 fully saturated rings. The molecule has 5 N–H and O–H groups in total. The first-order valence-corrected chi connectivity index (χ1v) is 22.4. The molecule has 4 rings (SSSR count). The molecule has 1 saturated heterocycles. The number of Topliss-reactive ketones (excluding diaryl/α,β-unsaturated/α-hetero) is 2. The van der Waals surface area contributed by atoms with Crippen LogP contribution in [0.15, 0.2) is 54.6 Å². The van der Waals surface area contributed by atoms with Crippen LogP contribution in [-0.2, 0) is 40.0 Å². The maximum atomic E-state index is 14.1. The number of hydrogen-bond donors (Lipinski definition) is 5. The highest BCUT2D eigenvalue weighted by atomic mass is 16.5. The molecule has 3 atom stereocenters. The fourth-order valence-electron chi connectivity index (χ4n) is 7.55. The molecule has 3 unspecified atom stereocenters. The Morgan fingerprint density at radius 3 is 2.23 bits per heavy atom. The monoisotopic (exact) mass is 848 g/mol. The Labute approximate surface area is 361 Å². The maximum absolute atomic E-state index is 14.1. The maximum Gasteiger partial charge on any atom is 0.289 e. The molecular weight excluding hydrogens is 779 g/mol. The van der Waals surface area contributed by atoms with Gasteiger partial charge >= 0.3 is 0 Å². The number of carbonyl (C=O) groups excluding carboxylic acids is 7. The van der Waals surface area contributed by atoms with Gasteiger partial charge < -0.3 is 36.0 Å². The van der Waals surface area contributed by atoms with Crippen LogP contribution in [-0.4, -0.2) is 96.5 Å². The standard InChI is InChI=1S/C44H61N5O9.C3H8/c1-2-3-6-22-36(51)40(32-16-7-4-8-17-32)48-39(54)29-46-43(56)37(52)28-45-42(55)34-20-14-23-49(30-34)44(57)41(33-18-9-5-10-19-33)47-38(53)27-31-15-13-21-35(26-31)58-25-12-11-24-50;1-3-2/h4,7-8,13,15-17,21,26,33-34,40-41,50H,2-3,5-6,9-12,14,18-20,22-25,27-30H2,1H3,(H,45,55)(H,46,56)(H,47,53)(H,48,54);3H2,1-2H3. The zero-order valence-electron chi connectivity index (χ0n) is 36.5. The van der Waals surface area contributed by atoms with E-state index in [0.29, 0.717) is 63.0 Å². The van der Waals surface area contributed by atoms with Gasteiger partial charge in [0.15, 0.2) is 5.78 Å². The van der Waals surface area contributed by atoms with Crippen molar-refractivity contribution in [1.82, 2.24) is 26.2 Å². The van der Waals surface area contributed by atoms with Crippen molar-refractivity contribution in [2.24, 2.45) is 11.8 Å². The average molecular weight is 848 g/mol. The Morgan fingerprint density at radius 1 is 0.787 bits per heavy atom. The van der Waals surface area contributed by atoms with Gasteiger partial charge in [0.1, 0.15) is 17.8 Å². The second-order valence-electron chi connectivity index (χ2n) is 16.0. The molecule has 0 radical (unpaired) electrons. The number of nitrogens with one attached hydrogen (secondary N) is 4. The summed E-state index contributed by atoms with van der Waals surface area (Å²) in [6.45, 7) is 6.25. The second kappa shape index (κ2) is 28.4. The summed E-state index contributed by atoms with van der Waals surface area (Å²) < 4.78 is 5.76. The van der Waals surface area contributed by atoms with Gasteiger partial charge in [-0.2, -0.15) is 0 Å². The number of hydrogen-bond acceptors (Lipinski definition) is 9. The third-order valence-electron chi connectivity index (χ3n) is 10.8. The van der Waals surface area contributed by atoms with E-state index < -0.39 is 54.6 Å². The highest BCUT2D eigenvalue weighted by Crippen LogP contribution is 2.29. The number of unbranched alkanes of at least 4 members (excludes halogenated alkanes) is 3. The van der Waals surface area contributed by atoms with E-state index in [-0.39, 0.29) is 43.1 Å². The molecule has 1 aliphatic heterocycles. The fourth-order valence-corrected chi connectivity index (χ4v) is 7.55. The normalized spacial score (nSPS) is 16.1. The number of likely N-dealkylation sites (tertiary alicyclic amines) is 1. The van der Waals surface area contributed by atoms with Gasteiger partial charge in [-0.15, -0.1) is 0 Å². The lowest BCUT2D eigenvalue weighted by atomic mass is 9.82. The first-order valence-electron chi connectivity index (χ1n) is 22.4. The number of rotatable bonds is 23. The molecule has 1 heterocycles. The largest absolute Gasteiger partial charge is 0.494 e. The van der Waals surface area contributed by atoms with Crippen LogP contribution in [0.2, 0.25) is 0 Å². The number of ketones is 2. The first kappa shape index (κ1) is 50.2. The number of benzene rings is 2. The fraction of sp³-hybridized carbons (Fsp3) is 0.596. The van der Waals surface area contributed by atoms with E-state index in [9.17, 15) is 33.6 Å². The summed E-state index contributed by atoms with van der Waals surface area (Å²) in [7, 11) is 0. The third kappa shape index (κ3) is 18.2. The minimum atomic E-state index is -1.05. The quantitative estimate of drug-likeness (QED) is 0.0762. The molecule has 14 nitrogen and oxygen atoms in total. The molecule has 336 valence electrons. The number of aliphatic hydroxyl groups excluding tert-OH is 1. The average Bonchev–Trinajstić information content (AvgIpc) is 3.28. The molecule has 2 aliphatic rings. The zero-order valence-corrected chi connectivity index (χ0v) is 36.5. The molecule has 0 spiro atoms. The number of amides is 5. The number of carbonyl (C=O) groups is 7. The topological polar surface area (TPSA) is 200 Å². The van der Waals surface area contributed by atoms with Crippen LogP contribution in [0.1, 0.15) is 128 Å². The zero-order chi connectivity index (χ0) is 44.4. The van der Waals surface area contributed by atoms with Gasteiger partial charge in [0, 0.05) is 26.1 Å². The molecule has 1 saturated carbocycles. The van der Waals surface area contributed by atoms with Crippen molar-refractivity contribution < 1.29 is 43.4 Å². The Bertz CT molecular complexity index is 1700. The lowest BCUT2D eigenvalue weighted by Crippen LogP contribution is -2.56. The summed E-state index contributed by atoms with van der Waals surface area (Å²) in [6, 6.07) is 14.5. The van der Waals surface area contributed by atoms with Crippen LogP contribution >= 0.6 is 0 Å². The summed E-state index contributed by atoms with van der Waals surface area (Å²) in [5.74, 6) is -3.79. The lowest BCUT2D eigenvalue weighted by Gasteiger charge is -2.37. The van der Waals surface area contributed by atoms with Crippen LogP contribution in [0.5, 0.6) is 5.75 Å². The van der Waals surface area contributed by atoms with Crippen molar-refractivity contribution in [2.75, 3.05) is 39.4 Å². The second-order valence-corrected chi connectivity index (χ2v) is 16.0. The van der Waals surface area contributed by atoms with Crippen LogP contribution in [0, 0.1) is 11.8 Å². The van der Waals surface area contributed by atoms with Gasteiger partial charge in [0.25, 0.3) is 5.91 Å². The molecule has 2 aromatic carbocycles. The highest BCUT2D eigenvalue weighted by molar-refractivity contribution is 6.37. The molecule has 5 amide bonds. The third-order valence-corrected chi connectivity index (χ3v) is 10.8. The Kier molecular flexibility index (Phi) is 23.4. The smallest absolute Gasteiger partial charge is 0.289 e. The molecular formula is C47H69N5O9. The minimum absolute atomic E-state index is 0.0330. The van der Waals surface area contributed by atoms with Gasteiger partial charge in [-0.3, -0.25) is 33.6 Å². The SMILES string of the molecule is CCC.CCCCCC(=O)C(NC(=O)CNC(=O)C(=O)CNC(=O)C1CCCN(C(=O)C(NC(=O)Cc2cccc(OCCCCO)c2)C2CCCCC2)C1)c1ccccc1. The van der Waals surface area contributed by atoms with E-state index in [2.05, 4.69) is 35.1 Å². The highest BCUT2D eigenvalue weighted by Gasteiger charge is 2.37. The Balaban J connectivity index is 0.00000321. The van der Waals surface area contributed by atoms with E-state index in [0.717, 1.165) is 50.5 Å². The first-order chi connectivity index (χ1) is 29.5. The van der Waals surface area contributed by atoms with Crippen molar-refractivity contribution in [1.29, 1.82) is 0 Å². The van der Waals surface area contributed by atoms with Gasteiger partial charge in [0.05, 0.1) is 32.0 Å². The van der Waals surface area contributed by atoms with Crippen LogP contribution < -0.4 is 26.0 Å². The van der Waals surface area contributed by atoms with Crippen molar-refractivity contribution in [3.63, 3.8) is 0 Å². The Morgan fingerprint density at radius 2 is 1.52 bits per heavy atom. The van der Waals surface area contributed by atoms with Crippen LogP contribution in [0.25, 0.3) is 0 Å². The van der Waals surface area contributed by atoms with E-state index in [1.165, 1.54) is 6.42 Å². The molecule has 61 heavy (non-hydrogen) atoms. The minimum Gasteiger partial charge on any atom is -0.494 e. The summed E-state index contributed by atoms with van der Waals surface area (Å²) in [6.07, 6.45) is 11.1. The van der Waals surface area contributed by atoms with Gasteiger partial charge in [0.2, 0.25) is 29.4 Å². The Hall–Kier alpha value is -5.11. The van der Waals surface area contributed by atoms with Crippen LogP contribution in [0.4, 0.5) is 0 Å². The van der Waals surface area contributed by atoms with E-state index in [4.69, 9.17) is 9.84 Å². The van der Waals surface area contributed by atoms with Gasteiger partial charge in [-0.1, -0.05) is 102 Å². The van der Waals surface area contributed by atoms with Crippen molar-refractivity contribution in [3.05, 3.63) is 65.7 Å². The summed E-state index contributed by atoms with van der Waals surface area (Å²) >= 11 is 0. The summed E-state index contributed by atoms with van der Waals surface area (Å²) in [5.41, 5.74) is 1.37. The molecule has 1 aliphatic carbocycles. The van der Waals surface area contributed by atoms with E-state index >= 15 is 0 Å². The van der Waals surface area contributed by atoms with Gasteiger partial charge in [-0.05, 0) is 74.1 Å². The number of nitrogens with zero attached hydrogens (tertiary/aromatic N) is 1. The lowest BCUT2D eigenvalue weighted by molar-refractivity contribution is -0.142. The van der Waals surface area contributed by atoms with Crippen molar-refractivity contribution in [3.8, 4) is 5.75 Å². The molecule has 0 aromatic heterocycles. The van der Waals surface area contributed by atoms with Crippen molar-refractivity contribution >= 4 is 41.1 Å². The molecule has 2 aromatic rings. The van der Waals surface area contributed by atoms with Crippen molar-refractivity contribution in [2.45, 2.75) is 129 Å². The molecule has 14 heteroatoms.